The second kappa shape index (κ2) is 4.98. The minimum absolute atomic E-state index is 0.807. The van der Waals surface area contributed by atoms with Crippen molar-refractivity contribution in [3.05, 3.63) is 24.4 Å². The van der Waals surface area contributed by atoms with Gasteiger partial charge in [0.25, 0.3) is 0 Å². The summed E-state index contributed by atoms with van der Waals surface area (Å²) >= 11 is 0. The van der Waals surface area contributed by atoms with Gasteiger partial charge in [-0.1, -0.05) is 0 Å². The number of aromatic amines is 1. The highest BCUT2D eigenvalue weighted by Crippen LogP contribution is 2.20. The van der Waals surface area contributed by atoms with Crippen LogP contribution in [0.5, 0.6) is 0 Å². The maximum absolute atomic E-state index is 4.04. The Labute approximate surface area is 107 Å². The number of rotatable bonds is 3. The number of hydrogen-bond donors (Lipinski definition) is 2. The van der Waals surface area contributed by atoms with Crippen molar-refractivity contribution in [3.8, 4) is 0 Å². The lowest BCUT2D eigenvalue weighted by Crippen LogP contribution is -2.32. The summed E-state index contributed by atoms with van der Waals surface area (Å²) in [7, 11) is 2.20. The van der Waals surface area contributed by atoms with E-state index in [0.717, 1.165) is 18.0 Å². The Kier molecular flexibility index (Phi) is 3.19. The van der Waals surface area contributed by atoms with E-state index in [0.29, 0.717) is 0 Å². The second-order valence-corrected chi connectivity index (χ2v) is 5.30. The Hall–Kier alpha value is -1.55. The summed E-state index contributed by atoms with van der Waals surface area (Å²) < 4.78 is 0. The van der Waals surface area contributed by atoms with Crippen molar-refractivity contribution in [2.75, 3.05) is 32.0 Å². The Morgan fingerprint density at radius 3 is 3.06 bits per heavy atom. The summed E-state index contributed by atoms with van der Waals surface area (Å²) in [4.78, 5) is 2.41. The number of benzene rings is 1. The van der Waals surface area contributed by atoms with Gasteiger partial charge in [0, 0.05) is 17.6 Å². The maximum Gasteiger partial charge on any atom is 0.0651 e. The number of likely N-dealkylation sites (tertiary alicyclic amines) is 1. The molecule has 1 saturated heterocycles. The van der Waals surface area contributed by atoms with Gasteiger partial charge in [-0.05, 0) is 57.1 Å². The van der Waals surface area contributed by atoms with Gasteiger partial charge >= 0.3 is 0 Å². The quantitative estimate of drug-likeness (QED) is 0.871. The first-order valence-electron chi connectivity index (χ1n) is 6.67. The van der Waals surface area contributed by atoms with Gasteiger partial charge in [0.1, 0.15) is 0 Å². The van der Waals surface area contributed by atoms with E-state index in [1.165, 1.54) is 37.0 Å². The Balaban J connectivity index is 1.59. The third-order valence-corrected chi connectivity index (χ3v) is 3.87. The molecular weight excluding hydrogens is 224 g/mol. The molecule has 96 valence electrons. The number of nitrogens with one attached hydrogen (secondary N) is 2. The highest BCUT2D eigenvalue weighted by Gasteiger charge is 2.16. The average Bonchev–Trinajstić information content (AvgIpc) is 2.85. The molecule has 2 aromatic rings. The minimum atomic E-state index is 0.807. The van der Waals surface area contributed by atoms with E-state index in [1.54, 1.807) is 0 Å². The van der Waals surface area contributed by atoms with Gasteiger partial charge in [0.2, 0.25) is 0 Å². The zero-order valence-corrected chi connectivity index (χ0v) is 10.8. The predicted octanol–water partition coefficient (Wildman–Crippen LogP) is 2.32. The topological polar surface area (TPSA) is 44.0 Å². The largest absolute Gasteiger partial charge is 0.385 e. The van der Waals surface area contributed by atoms with Crippen molar-refractivity contribution in [2.24, 2.45) is 5.92 Å². The Morgan fingerprint density at radius 2 is 2.22 bits per heavy atom. The Morgan fingerprint density at radius 1 is 1.39 bits per heavy atom. The van der Waals surface area contributed by atoms with E-state index in [9.17, 15) is 0 Å². The van der Waals surface area contributed by atoms with Crippen molar-refractivity contribution < 1.29 is 0 Å². The lowest BCUT2D eigenvalue weighted by atomic mass is 9.97. The zero-order valence-electron chi connectivity index (χ0n) is 10.8. The van der Waals surface area contributed by atoms with E-state index in [-0.39, 0.29) is 0 Å². The molecule has 1 aromatic carbocycles. The van der Waals surface area contributed by atoms with Crippen molar-refractivity contribution >= 4 is 16.6 Å². The Bertz CT molecular complexity index is 511. The van der Waals surface area contributed by atoms with Crippen LogP contribution in [0.15, 0.2) is 24.4 Å². The molecule has 1 aliphatic rings. The molecule has 0 spiro atoms. The lowest BCUT2D eigenvalue weighted by molar-refractivity contribution is 0.226. The molecule has 0 aliphatic carbocycles. The van der Waals surface area contributed by atoms with E-state index in [1.807, 2.05) is 6.20 Å². The fourth-order valence-corrected chi connectivity index (χ4v) is 2.58. The van der Waals surface area contributed by atoms with Crippen molar-refractivity contribution in [1.29, 1.82) is 0 Å². The first kappa shape index (κ1) is 11.5. The van der Waals surface area contributed by atoms with E-state index in [2.05, 4.69) is 45.7 Å². The van der Waals surface area contributed by atoms with Crippen LogP contribution in [-0.4, -0.2) is 41.8 Å². The van der Waals surface area contributed by atoms with Crippen molar-refractivity contribution in [3.63, 3.8) is 0 Å². The average molecular weight is 244 g/mol. The van der Waals surface area contributed by atoms with Crippen LogP contribution in [0.3, 0.4) is 0 Å². The molecule has 2 N–H and O–H groups in total. The van der Waals surface area contributed by atoms with Crippen LogP contribution in [0.2, 0.25) is 0 Å². The van der Waals surface area contributed by atoms with Crippen LogP contribution in [0.4, 0.5) is 5.69 Å². The van der Waals surface area contributed by atoms with E-state index in [4.69, 9.17) is 0 Å². The SMILES string of the molecule is CN1CCC(CNc2ccc3[nH]ncc3c2)CC1. The van der Waals surface area contributed by atoms with Crippen molar-refractivity contribution in [1.82, 2.24) is 15.1 Å². The van der Waals surface area contributed by atoms with Crippen LogP contribution in [-0.2, 0) is 0 Å². The molecule has 1 aromatic heterocycles. The molecule has 0 saturated carbocycles. The first-order chi connectivity index (χ1) is 8.81. The summed E-state index contributed by atoms with van der Waals surface area (Å²) in [5.74, 6) is 0.807. The van der Waals surface area contributed by atoms with Gasteiger partial charge in [0.05, 0.1) is 11.7 Å². The third kappa shape index (κ3) is 2.48. The molecule has 4 nitrogen and oxygen atoms in total. The lowest BCUT2D eigenvalue weighted by Gasteiger charge is -2.29. The molecule has 1 fully saturated rings. The summed E-state index contributed by atoms with van der Waals surface area (Å²) in [5.41, 5.74) is 2.29. The number of hydrogen-bond acceptors (Lipinski definition) is 3. The fraction of sp³-hybridized carbons (Fsp3) is 0.500. The van der Waals surface area contributed by atoms with Crippen molar-refractivity contribution in [2.45, 2.75) is 12.8 Å². The fourth-order valence-electron chi connectivity index (χ4n) is 2.58. The molecule has 0 atom stereocenters. The second-order valence-electron chi connectivity index (χ2n) is 5.30. The standard InChI is InChI=1S/C14H20N4/c1-18-6-4-11(5-7-18)9-15-13-2-3-14-12(8-13)10-16-17-14/h2-3,8,10-11,15H,4-7,9H2,1H3,(H,16,17). The molecule has 4 heteroatoms. The van der Waals surface area contributed by atoms with Gasteiger partial charge in [-0.2, -0.15) is 5.10 Å². The molecule has 1 aliphatic heterocycles. The molecule has 18 heavy (non-hydrogen) atoms. The number of nitrogens with zero attached hydrogens (tertiary/aromatic N) is 2. The van der Waals surface area contributed by atoms with Crippen LogP contribution in [0, 0.1) is 5.92 Å². The van der Waals surface area contributed by atoms with Crippen LogP contribution in [0.1, 0.15) is 12.8 Å². The summed E-state index contributed by atoms with van der Waals surface area (Å²) in [6.07, 6.45) is 4.48. The van der Waals surface area contributed by atoms with Crippen LogP contribution >= 0.6 is 0 Å². The first-order valence-corrected chi connectivity index (χ1v) is 6.67. The minimum Gasteiger partial charge on any atom is -0.385 e. The molecule has 0 amide bonds. The smallest absolute Gasteiger partial charge is 0.0651 e. The van der Waals surface area contributed by atoms with Gasteiger partial charge in [-0.3, -0.25) is 5.10 Å². The van der Waals surface area contributed by atoms with E-state index >= 15 is 0 Å². The van der Waals surface area contributed by atoms with Gasteiger partial charge in [-0.15, -0.1) is 0 Å². The van der Waals surface area contributed by atoms with Crippen LogP contribution in [0.25, 0.3) is 10.9 Å². The monoisotopic (exact) mass is 244 g/mol. The number of fused-ring (bicyclic) bond motifs is 1. The molecule has 2 heterocycles. The molecule has 0 unspecified atom stereocenters. The molecule has 0 bridgehead atoms. The zero-order chi connectivity index (χ0) is 12.4. The van der Waals surface area contributed by atoms with Gasteiger partial charge in [0.15, 0.2) is 0 Å². The van der Waals surface area contributed by atoms with Gasteiger partial charge < -0.3 is 10.2 Å². The normalized spacial score (nSPS) is 18.3. The van der Waals surface area contributed by atoms with Gasteiger partial charge in [-0.25, -0.2) is 0 Å². The highest BCUT2D eigenvalue weighted by molar-refractivity contribution is 5.81. The predicted molar refractivity (Wildman–Crippen MR) is 74.8 cm³/mol. The molecule has 3 rings (SSSR count). The maximum atomic E-state index is 4.04. The van der Waals surface area contributed by atoms with E-state index < -0.39 is 0 Å². The number of piperidine rings is 1. The third-order valence-electron chi connectivity index (χ3n) is 3.87. The number of H-pyrrole nitrogens is 1. The molecular formula is C14H20N4. The number of anilines is 1. The highest BCUT2D eigenvalue weighted by atomic mass is 15.1. The summed E-state index contributed by atoms with van der Waals surface area (Å²) in [6.45, 7) is 3.54. The summed E-state index contributed by atoms with van der Waals surface area (Å²) in [5, 5.41) is 11.7. The number of aromatic nitrogens is 2. The molecule has 0 radical (unpaired) electrons. The van der Waals surface area contributed by atoms with Crippen LogP contribution < -0.4 is 5.32 Å². The summed E-state index contributed by atoms with van der Waals surface area (Å²) in [6, 6.07) is 6.36.